The van der Waals surface area contributed by atoms with Gasteiger partial charge < -0.3 is 10.1 Å². The summed E-state index contributed by atoms with van der Waals surface area (Å²) in [5, 5.41) is 10.5. The molecule has 5 nitrogen and oxygen atoms in total. The van der Waals surface area contributed by atoms with E-state index in [1.807, 2.05) is 23.0 Å². The van der Waals surface area contributed by atoms with Crippen molar-refractivity contribution in [3.05, 3.63) is 24.4 Å². The minimum absolute atomic E-state index is 0.763. The Balaban J connectivity index is 1.81. The summed E-state index contributed by atoms with van der Waals surface area (Å²) in [4.78, 5) is 4.87. The van der Waals surface area contributed by atoms with Gasteiger partial charge in [-0.25, -0.2) is 9.67 Å². The molecule has 1 saturated carbocycles. The van der Waals surface area contributed by atoms with Crippen molar-refractivity contribution in [2.24, 2.45) is 5.92 Å². The Hall–Kier alpha value is -2.30. The number of rotatable bonds is 5. The Labute approximate surface area is 148 Å². The first kappa shape index (κ1) is 16.2. The molecule has 25 heavy (non-hydrogen) atoms. The number of nitrogens with one attached hydrogen (secondary N) is 1. The molecule has 0 spiro atoms. The van der Waals surface area contributed by atoms with Crippen molar-refractivity contribution in [2.45, 2.75) is 45.6 Å². The normalized spacial score (nSPS) is 15.8. The maximum Gasteiger partial charge on any atom is 0.160 e. The third-order valence-electron chi connectivity index (χ3n) is 5.38. The van der Waals surface area contributed by atoms with E-state index in [1.54, 1.807) is 7.11 Å². The number of anilines is 1. The Morgan fingerprint density at radius 1 is 1.20 bits per heavy atom. The first-order valence-electron chi connectivity index (χ1n) is 9.38. The zero-order chi connectivity index (χ0) is 17.2. The molecule has 0 atom stereocenters. The monoisotopic (exact) mass is 338 g/mol. The Morgan fingerprint density at radius 2 is 2.04 bits per heavy atom. The highest BCUT2D eigenvalue weighted by atomic mass is 16.5. The third-order valence-corrected chi connectivity index (χ3v) is 5.38. The molecule has 2 aromatic heterocycles. The van der Waals surface area contributed by atoms with Gasteiger partial charge in [-0.1, -0.05) is 31.4 Å². The van der Waals surface area contributed by atoms with E-state index in [4.69, 9.17) is 9.72 Å². The Bertz CT molecular complexity index is 880. The summed E-state index contributed by atoms with van der Waals surface area (Å²) >= 11 is 0. The van der Waals surface area contributed by atoms with Crippen LogP contribution in [-0.2, 0) is 6.54 Å². The fourth-order valence-electron chi connectivity index (χ4n) is 3.99. The molecule has 1 aromatic carbocycles. The van der Waals surface area contributed by atoms with Crippen molar-refractivity contribution >= 4 is 27.6 Å². The van der Waals surface area contributed by atoms with E-state index in [0.717, 1.165) is 52.4 Å². The predicted octanol–water partition coefficient (Wildman–Crippen LogP) is 4.61. The van der Waals surface area contributed by atoms with Gasteiger partial charge in [0, 0.05) is 18.5 Å². The smallest absolute Gasteiger partial charge is 0.160 e. The van der Waals surface area contributed by atoms with E-state index in [-0.39, 0.29) is 0 Å². The van der Waals surface area contributed by atoms with Crippen molar-refractivity contribution in [3.63, 3.8) is 0 Å². The van der Waals surface area contributed by atoms with E-state index in [1.165, 1.54) is 32.1 Å². The molecule has 1 N–H and O–H groups in total. The number of nitrogens with zero attached hydrogens (tertiary/aromatic N) is 3. The second kappa shape index (κ2) is 6.90. The molecule has 1 fully saturated rings. The molecule has 0 unspecified atom stereocenters. The first-order chi connectivity index (χ1) is 12.3. The lowest BCUT2D eigenvalue weighted by Crippen LogP contribution is -2.17. The maximum atomic E-state index is 5.56. The summed E-state index contributed by atoms with van der Waals surface area (Å²) < 4.78 is 7.51. The van der Waals surface area contributed by atoms with Crippen LogP contribution in [0.3, 0.4) is 0 Å². The molecule has 0 aliphatic heterocycles. The van der Waals surface area contributed by atoms with Crippen LogP contribution in [0.15, 0.2) is 24.4 Å². The number of hydrogen-bond acceptors (Lipinski definition) is 4. The number of methoxy groups -OCH3 is 1. The molecule has 132 valence electrons. The number of aryl methyl sites for hydroxylation is 1. The van der Waals surface area contributed by atoms with Gasteiger partial charge in [0.05, 0.1) is 24.4 Å². The van der Waals surface area contributed by atoms with Gasteiger partial charge in [-0.05, 0) is 31.7 Å². The number of fused-ring (bicyclic) bond motifs is 2. The van der Waals surface area contributed by atoms with Crippen LogP contribution in [0.5, 0.6) is 5.75 Å². The second-order valence-electron chi connectivity index (χ2n) is 6.93. The number of benzene rings is 1. The van der Waals surface area contributed by atoms with Gasteiger partial charge in [-0.2, -0.15) is 5.10 Å². The van der Waals surface area contributed by atoms with Crippen LogP contribution in [0, 0.1) is 5.92 Å². The van der Waals surface area contributed by atoms with E-state index in [0.29, 0.717) is 0 Å². The number of aromatic nitrogens is 3. The average Bonchev–Trinajstić information content (AvgIpc) is 3.08. The average molecular weight is 338 g/mol. The molecular weight excluding hydrogens is 312 g/mol. The van der Waals surface area contributed by atoms with Gasteiger partial charge >= 0.3 is 0 Å². The second-order valence-corrected chi connectivity index (χ2v) is 6.93. The zero-order valence-corrected chi connectivity index (χ0v) is 15.1. The van der Waals surface area contributed by atoms with Gasteiger partial charge in [0.15, 0.2) is 5.65 Å². The summed E-state index contributed by atoms with van der Waals surface area (Å²) in [6.07, 6.45) is 8.71. The maximum absolute atomic E-state index is 5.56. The van der Waals surface area contributed by atoms with E-state index < -0.39 is 0 Å². The van der Waals surface area contributed by atoms with Crippen molar-refractivity contribution in [2.75, 3.05) is 19.0 Å². The van der Waals surface area contributed by atoms with Crippen LogP contribution in [0.1, 0.15) is 39.0 Å². The summed E-state index contributed by atoms with van der Waals surface area (Å²) in [6, 6.07) is 6.13. The lowest BCUT2D eigenvalue weighted by molar-refractivity contribution is 0.373. The van der Waals surface area contributed by atoms with Crippen LogP contribution in [0.25, 0.3) is 21.9 Å². The fraction of sp³-hybridized carbons (Fsp3) is 0.500. The zero-order valence-electron chi connectivity index (χ0n) is 15.1. The Kier molecular flexibility index (Phi) is 4.47. The van der Waals surface area contributed by atoms with Crippen molar-refractivity contribution in [3.8, 4) is 5.75 Å². The number of pyridine rings is 1. The van der Waals surface area contributed by atoms with Crippen molar-refractivity contribution < 1.29 is 4.74 Å². The third kappa shape index (κ3) is 2.92. The van der Waals surface area contributed by atoms with Crippen molar-refractivity contribution in [1.82, 2.24) is 14.8 Å². The first-order valence-corrected chi connectivity index (χ1v) is 9.38. The Morgan fingerprint density at radius 3 is 2.80 bits per heavy atom. The molecule has 3 aromatic rings. The summed E-state index contributed by atoms with van der Waals surface area (Å²) in [5.41, 5.74) is 2.97. The lowest BCUT2D eigenvalue weighted by atomic mass is 9.89. The summed E-state index contributed by atoms with van der Waals surface area (Å²) in [6.45, 7) is 3.91. The lowest BCUT2D eigenvalue weighted by Gasteiger charge is -2.23. The van der Waals surface area contributed by atoms with Gasteiger partial charge in [0.25, 0.3) is 0 Å². The highest BCUT2D eigenvalue weighted by Crippen LogP contribution is 2.35. The van der Waals surface area contributed by atoms with Gasteiger partial charge in [0.1, 0.15) is 11.3 Å². The minimum atomic E-state index is 0.763. The van der Waals surface area contributed by atoms with E-state index >= 15 is 0 Å². The van der Waals surface area contributed by atoms with Crippen LogP contribution in [-0.4, -0.2) is 28.4 Å². The van der Waals surface area contributed by atoms with Crippen LogP contribution in [0.2, 0.25) is 0 Å². The molecular formula is C20H26N4O. The largest absolute Gasteiger partial charge is 0.494 e. The molecule has 4 rings (SSSR count). The topological polar surface area (TPSA) is 52.0 Å². The molecule has 0 amide bonds. The molecule has 0 saturated heterocycles. The van der Waals surface area contributed by atoms with Crippen molar-refractivity contribution in [1.29, 1.82) is 0 Å². The van der Waals surface area contributed by atoms with Gasteiger partial charge in [-0.15, -0.1) is 0 Å². The molecule has 1 aliphatic carbocycles. The van der Waals surface area contributed by atoms with Gasteiger partial charge in [0.2, 0.25) is 0 Å². The van der Waals surface area contributed by atoms with Crippen LogP contribution < -0.4 is 10.1 Å². The SMILES string of the molecule is CCn1ncc2c(NCC3CCCCC3)c3cccc(OC)c3nc21. The summed E-state index contributed by atoms with van der Waals surface area (Å²) in [7, 11) is 1.70. The molecule has 0 radical (unpaired) electrons. The number of para-hydroxylation sites is 1. The highest BCUT2D eigenvalue weighted by Gasteiger charge is 2.18. The fourth-order valence-corrected chi connectivity index (χ4v) is 3.99. The summed E-state index contributed by atoms with van der Waals surface area (Å²) in [5.74, 6) is 1.57. The number of ether oxygens (including phenoxy) is 1. The van der Waals surface area contributed by atoms with E-state index in [2.05, 4.69) is 23.4 Å². The minimum Gasteiger partial charge on any atom is -0.494 e. The molecule has 5 heteroatoms. The quantitative estimate of drug-likeness (QED) is 0.738. The predicted molar refractivity (Wildman–Crippen MR) is 102 cm³/mol. The highest BCUT2D eigenvalue weighted by molar-refractivity contribution is 6.08. The molecule has 2 heterocycles. The number of hydrogen-bond donors (Lipinski definition) is 1. The van der Waals surface area contributed by atoms with Crippen LogP contribution >= 0.6 is 0 Å². The standard InChI is InChI=1S/C20H26N4O/c1-3-24-20-16(13-22-24)18(21-12-14-8-5-4-6-9-14)15-10-7-11-17(25-2)19(15)23-20/h7,10-11,13-14H,3-6,8-9,12H2,1-2H3,(H,21,23). The molecule has 0 bridgehead atoms. The van der Waals surface area contributed by atoms with Gasteiger partial charge in [-0.3, -0.25) is 0 Å². The molecule has 1 aliphatic rings. The van der Waals surface area contributed by atoms with Crippen LogP contribution in [0.4, 0.5) is 5.69 Å². The van der Waals surface area contributed by atoms with E-state index in [9.17, 15) is 0 Å².